The number of nitro benzene ring substituents is 1. The molecular weight excluding hydrogens is 302 g/mol. The zero-order valence-electron chi connectivity index (χ0n) is 9.35. The van der Waals surface area contributed by atoms with Crippen LogP contribution in [-0.4, -0.2) is 17.4 Å². The first kappa shape index (κ1) is 14.1. The number of carbonyl (C=O) groups excluding carboxylic acids is 1. The number of benzene rings is 1. The smallest absolute Gasteiger partial charge is 0.284 e. The lowest BCUT2D eigenvalue weighted by molar-refractivity contribution is -0.385. The Hall–Kier alpha value is -1.94. The summed E-state index contributed by atoms with van der Waals surface area (Å²) >= 11 is 3.05. The predicted molar refractivity (Wildman–Crippen MR) is 68.0 cm³/mol. The summed E-state index contributed by atoms with van der Waals surface area (Å²) in [7, 11) is 0. The van der Waals surface area contributed by atoms with Crippen LogP contribution in [0.3, 0.4) is 0 Å². The van der Waals surface area contributed by atoms with Crippen LogP contribution >= 0.6 is 15.9 Å². The normalized spacial score (nSPS) is 9.56. The van der Waals surface area contributed by atoms with Crippen LogP contribution in [0.25, 0.3) is 0 Å². The second-order valence-corrected chi connectivity index (χ2v) is 4.21. The molecule has 0 saturated carbocycles. The summed E-state index contributed by atoms with van der Waals surface area (Å²) in [6.07, 6.45) is 0.908. The third-order valence-electron chi connectivity index (χ3n) is 2.17. The van der Waals surface area contributed by atoms with E-state index in [4.69, 9.17) is 5.26 Å². The van der Waals surface area contributed by atoms with Gasteiger partial charge in [0.2, 0.25) is 0 Å². The summed E-state index contributed by atoms with van der Waals surface area (Å²) in [4.78, 5) is 21.9. The summed E-state index contributed by atoms with van der Waals surface area (Å²) < 4.78 is 0.160. The van der Waals surface area contributed by atoms with E-state index >= 15 is 0 Å². The van der Waals surface area contributed by atoms with Gasteiger partial charge in [0, 0.05) is 19.0 Å². The average molecular weight is 312 g/mol. The monoisotopic (exact) mass is 311 g/mol. The predicted octanol–water partition coefficient (Wildman–Crippen LogP) is 2.39. The van der Waals surface area contributed by atoms with Gasteiger partial charge in [-0.3, -0.25) is 14.9 Å². The second-order valence-electron chi connectivity index (χ2n) is 3.41. The van der Waals surface area contributed by atoms with Gasteiger partial charge in [-0.2, -0.15) is 5.26 Å². The van der Waals surface area contributed by atoms with Crippen molar-refractivity contribution in [3.05, 3.63) is 38.3 Å². The molecule has 1 rings (SSSR count). The molecule has 6 nitrogen and oxygen atoms in total. The van der Waals surface area contributed by atoms with Crippen molar-refractivity contribution in [2.75, 3.05) is 6.54 Å². The number of nitrogens with zero attached hydrogens (tertiary/aromatic N) is 2. The summed E-state index contributed by atoms with van der Waals surface area (Å²) in [6, 6.07) is 6.23. The van der Waals surface area contributed by atoms with Crippen molar-refractivity contribution in [1.82, 2.24) is 5.32 Å². The minimum Gasteiger partial charge on any atom is -0.352 e. The van der Waals surface area contributed by atoms with Crippen LogP contribution < -0.4 is 5.32 Å². The quantitative estimate of drug-likeness (QED) is 0.513. The topological polar surface area (TPSA) is 96.0 Å². The van der Waals surface area contributed by atoms with Crippen LogP contribution in [0.5, 0.6) is 0 Å². The van der Waals surface area contributed by atoms with Crippen molar-refractivity contribution in [1.29, 1.82) is 5.26 Å². The van der Waals surface area contributed by atoms with Crippen LogP contribution in [0.15, 0.2) is 22.7 Å². The molecule has 0 fully saturated rings. The molecule has 0 heterocycles. The van der Waals surface area contributed by atoms with Gasteiger partial charge in [0.05, 0.1) is 16.6 Å². The maximum absolute atomic E-state index is 11.8. The Kier molecular flexibility index (Phi) is 5.27. The molecule has 1 amide bonds. The molecule has 7 heteroatoms. The molecule has 0 saturated heterocycles. The first-order valence-corrected chi connectivity index (χ1v) is 5.95. The first-order valence-electron chi connectivity index (χ1n) is 5.16. The molecule has 0 unspecified atom stereocenters. The van der Waals surface area contributed by atoms with Gasteiger partial charge in [-0.05, 0) is 28.4 Å². The Morgan fingerprint density at radius 3 is 2.89 bits per heavy atom. The Morgan fingerprint density at radius 2 is 2.28 bits per heavy atom. The SMILES string of the molecule is N#CCCCNC(=O)c1cccc([N+](=O)[O-])c1Br. The summed E-state index contributed by atoms with van der Waals surface area (Å²) in [5.74, 6) is -0.400. The molecule has 0 atom stereocenters. The Balaban J connectivity index is 2.78. The standard InChI is InChI=1S/C11H10BrN3O3/c12-10-8(4-3-5-9(10)15(17)18)11(16)14-7-2-1-6-13/h3-5H,1-2,7H2,(H,14,16). The minimum absolute atomic E-state index is 0.153. The largest absolute Gasteiger partial charge is 0.352 e. The molecule has 1 aromatic rings. The van der Waals surface area contributed by atoms with Gasteiger partial charge in [-0.25, -0.2) is 0 Å². The molecule has 0 aliphatic heterocycles. The van der Waals surface area contributed by atoms with Crippen molar-refractivity contribution in [2.45, 2.75) is 12.8 Å². The molecule has 0 bridgehead atoms. The molecule has 18 heavy (non-hydrogen) atoms. The number of hydrogen-bond donors (Lipinski definition) is 1. The van der Waals surface area contributed by atoms with Crippen LogP contribution in [0.4, 0.5) is 5.69 Å². The number of halogens is 1. The number of rotatable bonds is 5. The second kappa shape index (κ2) is 6.71. The van der Waals surface area contributed by atoms with E-state index < -0.39 is 10.8 Å². The van der Waals surface area contributed by atoms with E-state index in [9.17, 15) is 14.9 Å². The van der Waals surface area contributed by atoms with E-state index in [1.54, 1.807) is 0 Å². The minimum atomic E-state index is -0.559. The fourth-order valence-electron chi connectivity index (χ4n) is 1.30. The number of nitrogens with one attached hydrogen (secondary N) is 1. The lowest BCUT2D eigenvalue weighted by Crippen LogP contribution is -2.24. The number of nitro groups is 1. The Morgan fingerprint density at radius 1 is 1.56 bits per heavy atom. The molecule has 0 aromatic heterocycles. The van der Waals surface area contributed by atoms with Crippen LogP contribution in [0, 0.1) is 21.4 Å². The highest BCUT2D eigenvalue weighted by Gasteiger charge is 2.18. The Labute approximate surface area is 112 Å². The molecular formula is C11H10BrN3O3. The summed E-state index contributed by atoms with van der Waals surface area (Å²) in [6.45, 7) is 0.363. The lowest BCUT2D eigenvalue weighted by Gasteiger charge is -2.05. The van der Waals surface area contributed by atoms with E-state index in [1.807, 2.05) is 6.07 Å². The van der Waals surface area contributed by atoms with E-state index in [0.29, 0.717) is 19.4 Å². The fourth-order valence-corrected chi connectivity index (χ4v) is 1.89. The molecule has 1 aromatic carbocycles. The molecule has 0 aliphatic carbocycles. The van der Waals surface area contributed by atoms with Crippen molar-refractivity contribution in [2.24, 2.45) is 0 Å². The molecule has 0 radical (unpaired) electrons. The van der Waals surface area contributed by atoms with Gasteiger partial charge >= 0.3 is 0 Å². The van der Waals surface area contributed by atoms with Crippen LogP contribution in [0.2, 0.25) is 0 Å². The van der Waals surface area contributed by atoms with Gasteiger partial charge in [-0.15, -0.1) is 0 Å². The highest BCUT2D eigenvalue weighted by atomic mass is 79.9. The molecule has 1 N–H and O–H groups in total. The Bertz CT molecular complexity index is 511. The maximum Gasteiger partial charge on any atom is 0.284 e. The zero-order valence-corrected chi connectivity index (χ0v) is 10.9. The van der Waals surface area contributed by atoms with Crippen molar-refractivity contribution in [3.63, 3.8) is 0 Å². The van der Waals surface area contributed by atoms with Crippen molar-refractivity contribution < 1.29 is 9.72 Å². The molecule has 0 spiro atoms. The summed E-state index contributed by atoms with van der Waals surface area (Å²) in [5.41, 5.74) is 0.0563. The van der Waals surface area contributed by atoms with Gasteiger partial charge in [0.1, 0.15) is 4.47 Å². The third kappa shape index (κ3) is 3.53. The number of amides is 1. The van der Waals surface area contributed by atoms with E-state index in [1.165, 1.54) is 18.2 Å². The molecule has 0 aliphatic rings. The van der Waals surface area contributed by atoms with Gasteiger partial charge < -0.3 is 5.32 Å². The highest BCUT2D eigenvalue weighted by Crippen LogP contribution is 2.28. The fraction of sp³-hybridized carbons (Fsp3) is 0.273. The van der Waals surface area contributed by atoms with E-state index in [0.717, 1.165) is 0 Å². The first-order chi connectivity index (χ1) is 8.57. The number of nitriles is 1. The van der Waals surface area contributed by atoms with E-state index in [-0.39, 0.29) is 15.7 Å². The van der Waals surface area contributed by atoms with Crippen LogP contribution in [-0.2, 0) is 0 Å². The van der Waals surface area contributed by atoms with Gasteiger partial charge in [0.15, 0.2) is 0 Å². The van der Waals surface area contributed by atoms with Gasteiger partial charge in [0.25, 0.3) is 11.6 Å². The number of unbranched alkanes of at least 4 members (excludes halogenated alkanes) is 1. The molecule has 94 valence electrons. The number of carbonyl (C=O) groups is 1. The van der Waals surface area contributed by atoms with E-state index in [2.05, 4.69) is 21.2 Å². The van der Waals surface area contributed by atoms with Gasteiger partial charge in [-0.1, -0.05) is 6.07 Å². The lowest BCUT2D eigenvalue weighted by atomic mass is 10.2. The number of hydrogen-bond acceptors (Lipinski definition) is 4. The van der Waals surface area contributed by atoms with Crippen molar-refractivity contribution in [3.8, 4) is 6.07 Å². The maximum atomic E-state index is 11.8. The van der Waals surface area contributed by atoms with Crippen LogP contribution in [0.1, 0.15) is 23.2 Å². The zero-order chi connectivity index (χ0) is 13.5. The van der Waals surface area contributed by atoms with Crippen molar-refractivity contribution >= 4 is 27.5 Å². The third-order valence-corrected chi connectivity index (χ3v) is 3.00. The summed E-state index contributed by atoms with van der Waals surface area (Å²) in [5, 5.41) is 21.6. The highest BCUT2D eigenvalue weighted by molar-refractivity contribution is 9.10. The average Bonchev–Trinajstić information content (AvgIpc) is 2.34.